The zero-order valence-electron chi connectivity index (χ0n) is 14.6. The highest BCUT2D eigenvalue weighted by atomic mass is 35.5. The molecule has 4 nitrogen and oxygen atoms in total. The number of rotatable bonds is 5. The summed E-state index contributed by atoms with van der Waals surface area (Å²) in [5.41, 5.74) is 2.65. The molecule has 4 rings (SSSR count). The highest BCUT2D eigenvalue weighted by Crippen LogP contribution is 2.32. The topological polar surface area (TPSA) is 44.1 Å². The number of hydrogen-bond acceptors (Lipinski definition) is 5. The first-order chi connectivity index (χ1) is 13.2. The number of ether oxygens (including phenoxy) is 1. The molecule has 2 aromatic carbocycles. The van der Waals surface area contributed by atoms with Gasteiger partial charge in [0.15, 0.2) is 5.16 Å². The van der Waals surface area contributed by atoms with Crippen LogP contribution in [0, 0.1) is 0 Å². The van der Waals surface area contributed by atoms with Gasteiger partial charge >= 0.3 is 0 Å². The van der Waals surface area contributed by atoms with Crippen molar-refractivity contribution in [1.29, 1.82) is 0 Å². The average Bonchev–Trinajstić information content (AvgIpc) is 3.16. The summed E-state index contributed by atoms with van der Waals surface area (Å²) in [6.45, 7) is 0. The normalized spacial score (nSPS) is 12.8. The third-order valence-electron chi connectivity index (χ3n) is 4.29. The van der Waals surface area contributed by atoms with Gasteiger partial charge in [-0.2, -0.15) is 0 Å². The van der Waals surface area contributed by atoms with Gasteiger partial charge in [0.1, 0.15) is 5.75 Å². The zero-order valence-corrected chi connectivity index (χ0v) is 17.0. The van der Waals surface area contributed by atoms with Gasteiger partial charge in [0.2, 0.25) is 0 Å². The van der Waals surface area contributed by atoms with Crippen LogP contribution in [0.1, 0.15) is 11.3 Å². The van der Waals surface area contributed by atoms with Crippen LogP contribution in [-0.4, -0.2) is 22.4 Å². The van der Waals surface area contributed by atoms with Crippen molar-refractivity contribution in [2.24, 2.45) is 0 Å². The van der Waals surface area contributed by atoms with Crippen LogP contribution in [0.2, 0.25) is 5.02 Å². The van der Waals surface area contributed by atoms with Crippen molar-refractivity contribution in [3.63, 3.8) is 0 Å². The van der Waals surface area contributed by atoms with Gasteiger partial charge in [-0.15, -0.1) is 11.8 Å². The Balaban J connectivity index is 1.79. The Morgan fingerprint density at radius 3 is 2.93 bits per heavy atom. The van der Waals surface area contributed by atoms with Crippen molar-refractivity contribution < 1.29 is 4.74 Å². The summed E-state index contributed by atoms with van der Waals surface area (Å²) in [6, 6.07) is 15.2. The number of methoxy groups -OCH3 is 1. The molecule has 138 valence electrons. The van der Waals surface area contributed by atoms with E-state index in [2.05, 4.69) is 0 Å². The maximum absolute atomic E-state index is 13.2. The molecule has 1 aliphatic rings. The first-order valence-electron chi connectivity index (χ1n) is 8.46. The molecule has 0 N–H and O–H groups in total. The Morgan fingerprint density at radius 2 is 2.11 bits per heavy atom. The van der Waals surface area contributed by atoms with E-state index in [1.54, 1.807) is 23.4 Å². The van der Waals surface area contributed by atoms with Crippen molar-refractivity contribution in [3.8, 4) is 11.4 Å². The monoisotopic (exact) mass is 416 g/mol. The third-order valence-corrected chi connectivity index (χ3v) is 6.76. The highest BCUT2D eigenvalue weighted by Gasteiger charge is 2.22. The van der Waals surface area contributed by atoms with E-state index in [0.29, 0.717) is 16.7 Å². The SMILES string of the molecule is COc1cccc(-n2c(SCc3ccccc3Cl)nc3c(c2=O)SCC3)c1. The standard InChI is InChI=1S/C20H17ClN2O2S2/c1-25-15-7-4-6-14(11-15)23-19(24)18-17(9-10-26-18)22-20(23)27-12-13-5-2-3-8-16(13)21/h2-8,11H,9-10,12H2,1H3. The van der Waals surface area contributed by atoms with Gasteiger partial charge < -0.3 is 4.74 Å². The molecule has 0 aliphatic carbocycles. The van der Waals surface area contributed by atoms with Crippen molar-refractivity contribution in [2.45, 2.75) is 22.2 Å². The summed E-state index contributed by atoms with van der Waals surface area (Å²) in [5, 5.41) is 1.39. The number of nitrogens with zero attached hydrogens (tertiary/aromatic N) is 2. The van der Waals surface area contributed by atoms with Crippen LogP contribution >= 0.6 is 35.1 Å². The van der Waals surface area contributed by atoms with Gasteiger partial charge in [-0.25, -0.2) is 4.98 Å². The number of halogens is 1. The molecule has 0 saturated carbocycles. The Kier molecular flexibility index (Phi) is 5.48. The molecule has 0 unspecified atom stereocenters. The van der Waals surface area contributed by atoms with E-state index >= 15 is 0 Å². The van der Waals surface area contributed by atoms with E-state index in [1.807, 2.05) is 48.5 Å². The predicted molar refractivity (Wildman–Crippen MR) is 112 cm³/mol. The Labute approximate surface area is 170 Å². The molecule has 3 aromatic rings. The van der Waals surface area contributed by atoms with Crippen LogP contribution in [0.5, 0.6) is 5.75 Å². The molecule has 1 aromatic heterocycles. The second-order valence-corrected chi connectivity index (χ2v) is 8.45. The van der Waals surface area contributed by atoms with Crippen molar-refractivity contribution >= 4 is 35.1 Å². The van der Waals surface area contributed by atoms with Crippen LogP contribution in [0.3, 0.4) is 0 Å². The molecule has 0 radical (unpaired) electrons. The lowest BCUT2D eigenvalue weighted by atomic mass is 10.2. The third kappa shape index (κ3) is 3.74. The maximum atomic E-state index is 13.2. The second kappa shape index (κ2) is 8.00. The molecule has 0 bridgehead atoms. The number of fused-ring (bicyclic) bond motifs is 1. The molecular weight excluding hydrogens is 400 g/mol. The number of benzene rings is 2. The minimum Gasteiger partial charge on any atom is -0.497 e. The molecule has 7 heteroatoms. The zero-order chi connectivity index (χ0) is 18.8. The second-order valence-electron chi connectivity index (χ2n) is 5.99. The van der Waals surface area contributed by atoms with E-state index in [9.17, 15) is 4.79 Å². The van der Waals surface area contributed by atoms with E-state index in [4.69, 9.17) is 21.3 Å². The summed E-state index contributed by atoms with van der Waals surface area (Å²) in [6.07, 6.45) is 0.827. The first-order valence-corrected chi connectivity index (χ1v) is 10.8. The first kappa shape index (κ1) is 18.5. The van der Waals surface area contributed by atoms with Crippen LogP contribution in [-0.2, 0) is 12.2 Å². The van der Waals surface area contributed by atoms with E-state index in [-0.39, 0.29) is 5.56 Å². The molecule has 2 heterocycles. The molecule has 0 spiro atoms. The number of aromatic nitrogens is 2. The Hall–Kier alpha value is -1.89. The fraction of sp³-hybridized carbons (Fsp3) is 0.200. The van der Waals surface area contributed by atoms with E-state index in [1.165, 1.54) is 11.8 Å². The van der Waals surface area contributed by atoms with Gasteiger partial charge in [0.25, 0.3) is 5.56 Å². The summed E-state index contributed by atoms with van der Waals surface area (Å²) in [4.78, 5) is 18.7. The van der Waals surface area contributed by atoms with Crippen molar-refractivity contribution in [2.75, 3.05) is 12.9 Å². The fourth-order valence-corrected chi connectivity index (χ4v) is 5.26. The Bertz CT molecular complexity index is 1050. The number of hydrogen-bond donors (Lipinski definition) is 0. The minimum atomic E-state index is -0.0163. The summed E-state index contributed by atoms with van der Waals surface area (Å²) < 4.78 is 7.01. The van der Waals surface area contributed by atoms with Crippen LogP contribution in [0.15, 0.2) is 63.4 Å². The maximum Gasteiger partial charge on any atom is 0.272 e. The minimum absolute atomic E-state index is 0.0163. The van der Waals surface area contributed by atoms with E-state index < -0.39 is 0 Å². The smallest absolute Gasteiger partial charge is 0.272 e. The van der Waals surface area contributed by atoms with Gasteiger partial charge in [-0.3, -0.25) is 9.36 Å². The van der Waals surface area contributed by atoms with Crippen molar-refractivity contribution in [3.05, 3.63) is 75.2 Å². The summed E-state index contributed by atoms with van der Waals surface area (Å²) >= 11 is 9.39. The van der Waals surface area contributed by atoms with Crippen LogP contribution in [0.4, 0.5) is 0 Å². The van der Waals surface area contributed by atoms with Gasteiger partial charge in [-0.1, -0.05) is 47.6 Å². The quantitative estimate of drug-likeness (QED) is 0.440. The molecular formula is C20H17ClN2O2S2. The molecule has 0 fully saturated rings. The molecule has 0 atom stereocenters. The van der Waals surface area contributed by atoms with E-state index in [0.717, 1.165) is 39.0 Å². The molecule has 0 saturated heterocycles. The summed E-state index contributed by atoms with van der Waals surface area (Å²) in [5.74, 6) is 2.24. The predicted octanol–water partition coefficient (Wildman–Crippen LogP) is 4.84. The number of thioether (sulfide) groups is 2. The lowest BCUT2D eigenvalue weighted by Crippen LogP contribution is -2.23. The fourth-order valence-electron chi connectivity index (χ4n) is 2.92. The van der Waals surface area contributed by atoms with Crippen molar-refractivity contribution in [1.82, 2.24) is 9.55 Å². The molecule has 1 aliphatic heterocycles. The van der Waals surface area contributed by atoms with Gasteiger partial charge in [0, 0.05) is 29.0 Å². The molecule has 27 heavy (non-hydrogen) atoms. The van der Waals surface area contributed by atoms with Gasteiger partial charge in [0.05, 0.1) is 23.4 Å². The van der Waals surface area contributed by atoms with Crippen LogP contribution in [0.25, 0.3) is 5.69 Å². The summed E-state index contributed by atoms with van der Waals surface area (Å²) in [7, 11) is 1.62. The lowest BCUT2D eigenvalue weighted by molar-refractivity contribution is 0.414. The number of aryl methyl sites for hydroxylation is 1. The Morgan fingerprint density at radius 1 is 1.26 bits per heavy atom. The highest BCUT2D eigenvalue weighted by molar-refractivity contribution is 7.99. The van der Waals surface area contributed by atoms with Crippen LogP contribution < -0.4 is 10.3 Å². The molecule has 0 amide bonds. The largest absolute Gasteiger partial charge is 0.497 e. The van der Waals surface area contributed by atoms with Gasteiger partial charge in [-0.05, 0) is 23.8 Å². The average molecular weight is 417 g/mol. The lowest BCUT2D eigenvalue weighted by Gasteiger charge is -2.14.